The fourth-order valence-corrected chi connectivity index (χ4v) is 1.38. The summed E-state index contributed by atoms with van der Waals surface area (Å²) in [5.74, 6) is 0.152. The molecule has 1 aromatic carbocycles. The number of nitrogens with one attached hydrogen (secondary N) is 1. The van der Waals surface area contributed by atoms with Crippen molar-refractivity contribution >= 4 is 29.2 Å². The maximum absolute atomic E-state index is 8.69. The Morgan fingerprint density at radius 3 is 2.82 bits per heavy atom. The largest absolute Gasteiger partial charge is 0.368 e. The van der Waals surface area contributed by atoms with Crippen LogP contribution in [0.2, 0.25) is 5.02 Å². The smallest absolute Gasteiger partial charge is 0.238 e. The van der Waals surface area contributed by atoms with Crippen LogP contribution >= 0.6 is 11.6 Å². The van der Waals surface area contributed by atoms with Gasteiger partial charge in [0.25, 0.3) is 0 Å². The van der Waals surface area contributed by atoms with Crippen molar-refractivity contribution in [3.05, 3.63) is 35.1 Å². The van der Waals surface area contributed by atoms with Crippen LogP contribution in [0.3, 0.4) is 0 Å². The van der Waals surface area contributed by atoms with Gasteiger partial charge in [-0.3, -0.25) is 0 Å². The Balaban J connectivity index is 2.30. The van der Waals surface area contributed by atoms with E-state index < -0.39 is 0 Å². The molecule has 0 aliphatic rings. The lowest BCUT2D eigenvalue weighted by Gasteiger charge is -2.05. The molecule has 0 fully saturated rings. The number of nitrogens with zero attached hydrogens (tertiary/aromatic N) is 4. The molecule has 0 aliphatic carbocycles. The quantitative estimate of drug-likeness (QED) is 0.837. The average molecular weight is 247 g/mol. The van der Waals surface area contributed by atoms with Gasteiger partial charge in [0, 0.05) is 10.7 Å². The van der Waals surface area contributed by atoms with E-state index in [-0.39, 0.29) is 17.7 Å². The number of nitriles is 1. The van der Waals surface area contributed by atoms with Gasteiger partial charge in [0.15, 0.2) is 0 Å². The molecule has 84 valence electrons. The van der Waals surface area contributed by atoms with Crippen LogP contribution in [0.25, 0.3) is 0 Å². The minimum atomic E-state index is -0.0398. The van der Waals surface area contributed by atoms with Crippen LogP contribution in [-0.4, -0.2) is 15.0 Å². The fraction of sp³-hybridized carbons (Fsp3) is 0. The van der Waals surface area contributed by atoms with E-state index in [1.165, 1.54) is 0 Å². The number of hydrogen-bond donors (Lipinski definition) is 2. The summed E-state index contributed by atoms with van der Waals surface area (Å²) in [5.41, 5.74) is 6.14. The van der Waals surface area contributed by atoms with Gasteiger partial charge in [-0.25, -0.2) is 0 Å². The third-order valence-corrected chi connectivity index (χ3v) is 2.07. The highest BCUT2D eigenvalue weighted by Gasteiger charge is 2.04. The molecule has 0 bridgehead atoms. The van der Waals surface area contributed by atoms with E-state index >= 15 is 0 Å². The second kappa shape index (κ2) is 4.63. The molecule has 2 rings (SSSR count). The van der Waals surface area contributed by atoms with E-state index in [1.54, 1.807) is 30.3 Å². The summed E-state index contributed by atoms with van der Waals surface area (Å²) in [7, 11) is 0. The van der Waals surface area contributed by atoms with Crippen molar-refractivity contribution < 1.29 is 0 Å². The van der Waals surface area contributed by atoms with Crippen molar-refractivity contribution in [1.82, 2.24) is 15.0 Å². The van der Waals surface area contributed by atoms with Gasteiger partial charge in [0.1, 0.15) is 6.07 Å². The van der Waals surface area contributed by atoms with Crippen molar-refractivity contribution in [2.75, 3.05) is 11.1 Å². The molecule has 17 heavy (non-hydrogen) atoms. The van der Waals surface area contributed by atoms with Crippen LogP contribution in [0.15, 0.2) is 24.3 Å². The molecular formula is C10H7ClN6. The summed E-state index contributed by atoms with van der Waals surface area (Å²) < 4.78 is 0. The zero-order chi connectivity index (χ0) is 12.3. The predicted molar refractivity (Wildman–Crippen MR) is 63.7 cm³/mol. The summed E-state index contributed by atoms with van der Waals surface area (Å²) in [5, 5.41) is 12.2. The zero-order valence-electron chi connectivity index (χ0n) is 8.55. The van der Waals surface area contributed by atoms with Crippen LogP contribution in [0.1, 0.15) is 5.82 Å². The highest BCUT2D eigenvalue weighted by molar-refractivity contribution is 6.30. The second-order valence-electron chi connectivity index (χ2n) is 3.09. The van der Waals surface area contributed by atoms with Crippen molar-refractivity contribution in [3.8, 4) is 6.07 Å². The summed E-state index contributed by atoms with van der Waals surface area (Å²) in [4.78, 5) is 11.4. The first-order valence-corrected chi connectivity index (χ1v) is 4.99. The standard InChI is InChI=1S/C10H7ClN6/c11-6-2-1-3-7(4-6)14-10-16-8(5-12)15-9(13)17-10/h1-4H,(H3,13,14,15,16,17). The molecule has 0 radical (unpaired) electrons. The Morgan fingerprint density at radius 2 is 2.12 bits per heavy atom. The molecule has 6 nitrogen and oxygen atoms in total. The van der Waals surface area contributed by atoms with Crippen LogP contribution in [0.5, 0.6) is 0 Å². The summed E-state index contributed by atoms with van der Waals surface area (Å²) >= 11 is 5.83. The summed E-state index contributed by atoms with van der Waals surface area (Å²) in [6.07, 6.45) is 0. The zero-order valence-corrected chi connectivity index (χ0v) is 9.31. The van der Waals surface area contributed by atoms with E-state index in [0.29, 0.717) is 10.7 Å². The lowest BCUT2D eigenvalue weighted by molar-refractivity contribution is 1.04. The van der Waals surface area contributed by atoms with E-state index in [1.807, 2.05) is 0 Å². The first-order chi connectivity index (χ1) is 8.17. The van der Waals surface area contributed by atoms with Gasteiger partial charge in [0.2, 0.25) is 17.7 Å². The number of benzene rings is 1. The number of nitrogen functional groups attached to an aromatic ring is 1. The van der Waals surface area contributed by atoms with Crippen LogP contribution in [0.4, 0.5) is 17.6 Å². The third kappa shape index (κ3) is 2.80. The normalized spacial score (nSPS) is 9.65. The number of nitrogens with two attached hydrogens (primary N) is 1. The van der Waals surface area contributed by atoms with Gasteiger partial charge in [0.05, 0.1) is 0 Å². The number of hydrogen-bond acceptors (Lipinski definition) is 6. The molecule has 3 N–H and O–H groups in total. The van der Waals surface area contributed by atoms with Gasteiger partial charge < -0.3 is 11.1 Å². The summed E-state index contributed by atoms with van der Waals surface area (Å²) in [6, 6.07) is 8.81. The Kier molecular flexibility index (Phi) is 3.03. The predicted octanol–water partition coefficient (Wildman–Crippen LogP) is 1.72. The van der Waals surface area contributed by atoms with Gasteiger partial charge in [-0.05, 0) is 18.2 Å². The number of rotatable bonds is 2. The van der Waals surface area contributed by atoms with E-state index in [0.717, 1.165) is 0 Å². The third-order valence-electron chi connectivity index (χ3n) is 1.83. The van der Waals surface area contributed by atoms with E-state index in [2.05, 4.69) is 20.3 Å². The molecule has 0 amide bonds. The number of halogens is 1. The SMILES string of the molecule is N#Cc1nc(N)nc(Nc2cccc(Cl)c2)n1. The number of aromatic nitrogens is 3. The minimum Gasteiger partial charge on any atom is -0.368 e. The maximum atomic E-state index is 8.69. The maximum Gasteiger partial charge on any atom is 0.238 e. The van der Waals surface area contributed by atoms with Gasteiger partial charge in [-0.2, -0.15) is 20.2 Å². The number of anilines is 3. The fourth-order valence-electron chi connectivity index (χ4n) is 1.19. The molecular weight excluding hydrogens is 240 g/mol. The Bertz CT molecular complexity index is 592. The van der Waals surface area contributed by atoms with Crippen molar-refractivity contribution in [1.29, 1.82) is 5.26 Å². The second-order valence-corrected chi connectivity index (χ2v) is 3.52. The monoisotopic (exact) mass is 246 g/mol. The van der Waals surface area contributed by atoms with Gasteiger partial charge >= 0.3 is 0 Å². The van der Waals surface area contributed by atoms with Crippen molar-refractivity contribution in [2.45, 2.75) is 0 Å². The average Bonchev–Trinajstić information content (AvgIpc) is 2.28. The molecule has 1 aromatic heterocycles. The van der Waals surface area contributed by atoms with E-state index in [4.69, 9.17) is 22.6 Å². The lowest BCUT2D eigenvalue weighted by atomic mass is 10.3. The van der Waals surface area contributed by atoms with Crippen molar-refractivity contribution in [2.24, 2.45) is 0 Å². The minimum absolute atomic E-state index is 0.0129. The molecule has 7 heteroatoms. The molecule has 0 unspecified atom stereocenters. The molecule has 0 spiro atoms. The van der Waals surface area contributed by atoms with Crippen LogP contribution in [-0.2, 0) is 0 Å². The Labute approximate surface area is 102 Å². The lowest BCUT2D eigenvalue weighted by Crippen LogP contribution is -2.05. The highest BCUT2D eigenvalue weighted by atomic mass is 35.5. The molecule has 1 heterocycles. The van der Waals surface area contributed by atoms with Crippen LogP contribution in [0, 0.1) is 11.3 Å². The first kappa shape index (κ1) is 11.1. The topological polar surface area (TPSA) is 101 Å². The van der Waals surface area contributed by atoms with Gasteiger partial charge in [-0.15, -0.1) is 0 Å². The molecule has 0 saturated carbocycles. The molecule has 0 aliphatic heterocycles. The van der Waals surface area contributed by atoms with Crippen molar-refractivity contribution in [3.63, 3.8) is 0 Å². The highest BCUT2D eigenvalue weighted by Crippen LogP contribution is 2.18. The Morgan fingerprint density at radius 1 is 1.29 bits per heavy atom. The first-order valence-electron chi connectivity index (χ1n) is 4.61. The molecule has 0 saturated heterocycles. The molecule has 0 atom stereocenters. The van der Waals surface area contributed by atoms with Crippen LogP contribution < -0.4 is 11.1 Å². The van der Waals surface area contributed by atoms with E-state index in [9.17, 15) is 0 Å². The summed E-state index contributed by atoms with van der Waals surface area (Å²) in [6.45, 7) is 0. The van der Waals surface area contributed by atoms with Gasteiger partial charge in [-0.1, -0.05) is 17.7 Å². The molecule has 2 aromatic rings. The Hall–Kier alpha value is -2.39.